The standard InChI is InChI=1S/C22H20ClN5O3/c23-16-6-7-18-17(10-16)15(13-25-18)8-9-24-21(30)22-27-19(28-31-22)11-20(29)26-12-14-4-2-1-3-5-14/h1-7,10,13,25H,8-9,11-12H2,(H,24,30)(H,26,29). The molecule has 0 aliphatic carbocycles. The van der Waals surface area contributed by atoms with Gasteiger partial charge in [-0.15, -0.1) is 0 Å². The van der Waals surface area contributed by atoms with E-state index in [9.17, 15) is 9.59 Å². The monoisotopic (exact) mass is 437 g/mol. The SMILES string of the molecule is O=C(Cc1noc(C(=O)NCCc2c[nH]c3ccc(Cl)cc23)n1)NCc1ccccc1. The molecule has 0 radical (unpaired) electrons. The Morgan fingerprint density at radius 1 is 1.10 bits per heavy atom. The first-order valence-corrected chi connectivity index (χ1v) is 10.1. The molecule has 0 bridgehead atoms. The molecule has 8 nitrogen and oxygen atoms in total. The second-order valence-corrected chi connectivity index (χ2v) is 7.40. The van der Waals surface area contributed by atoms with Crippen molar-refractivity contribution in [3.63, 3.8) is 0 Å². The Morgan fingerprint density at radius 2 is 1.94 bits per heavy atom. The fraction of sp³-hybridized carbons (Fsp3) is 0.182. The number of nitrogens with one attached hydrogen (secondary N) is 3. The number of rotatable bonds is 8. The first-order valence-electron chi connectivity index (χ1n) is 9.75. The van der Waals surface area contributed by atoms with Crippen molar-refractivity contribution in [3.05, 3.63) is 82.6 Å². The third-order valence-electron chi connectivity index (χ3n) is 4.72. The van der Waals surface area contributed by atoms with Crippen LogP contribution in [-0.4, -0.2) is 33.5 Å². The van der Waals surface area contributed by atoms with Gasteiger partial charge in [-0.25, -0.2) is 0 Å². The lowest BCUT2D eigenvalue weighted by atomic mass is 10.1. The molecule has 9 heteroatoms. The molecule has 0 unspecified atom stereocenters. The molecule has 0 saturated heterocycles. The second kappa shape index (κ2) is 9.44. The van der Waals surface area contributed by atoms with E-state index in [2.05, 4.69) is 25.8 Å². The number of H-pyrrole nitrogens is 1. The number of halogens is 1. The summed E-state index contributed by atoms with van der Waals surface area (Å²) in [6.07, 6.45) is 2.43. The molecule has 2 heterocycles. The lowest BCUT2D eigenvalue weighted by Crippen LogP contribution is -2.26. The fourth-order valence-electron chi connectivity index (χ4n) is 3.16. The number of amides is 2. The Kier molecular flexibility index (Phi) is 6.28. The topological polar surface area (TPSA) is 113 Å². The van der Waals surface area contributed by atoms with E-state index in [0.29, 0.717) is 24.5 Å². The molecule has 0 spiro atoms. The Morgan fingerprint density at radius 3 is 2.77 bits per heavy atom. The van der Waals surface area contributed by atoms with Crippen LogP contribution in [-0.2, 0) is 24.2 Å². The van der Waals surface area contributed by atoms with Crippen molar-refractivity contribution in [3.8, 4) is 0 Å². The number of aromatic amines is 1. The van der Waals surface area contributed by atoms with Gasteiger partial charge >= 0.3 is 11.8 Å². The molecular formula is C22H20ClN5O3. The van der Waals surface area contributed by atoms with E-state index in [1.165, 1.54) is 0 Å². The van der Waals surface area contributed by atoms with Crippen LogP contribution in [0.1, 0.15) is 27.6 Å². The normalized spacial score (nSPS) is 10.9. The van der Waals surface area contributed by atoms with Crippen LogP contribution in [0.15, 0.2) is 59.3 Å². The van der Waals surface area contributed by atoms with E-state index in [4.69, 9.17) is 16.1 Å². The Bertz CT molecular complexity index is 1200. The predicted molar refractivity (Wildman–Crippen MR) is 116 cm³/mol. The van der Waals surface area contributed by atoms with E-state index < -0.39 is 5.91 Å². The van der Waals surface area contributed by atoms with Gasteiger partial charge in [0.15, 0.2) is 5.82 Å². The van der Waals surface area contributed by atoms with Crippen LogP contribution >= 0.6 is 11.6 Å². The lowest BCUT2D eigenvalue weighted by Gasteiger charge is -2.03. The number of hydrogen-bond donors (Lipinski definition) is 3. The first kappa shape index (κ1) is 20.6. The highest BCUT2D eigenvalue weighted by Gasteiger charge is 2.17. The summed E-state index contributed by atoms with van der Waals surface area (Å²) in [5, 5.41) is 10.9. The van der Waals surface area contributed by atoms with Crippen LogP contribution in [0.3, 0.4) is 0 Å². The van der Waals surface area contributed by atoms with Gasteiger partial charge in [-0.1, -0.05) is 47.1 Å². The molecule has 31 heavy (non-hydrogen) atoms. The third kappa shape index (κ3) is 5.29. The predicted octanol–water partition coefficient (Wildman–Crippen LogP) is 3.04. The minimum atomic E-state index is -0.485. The van der Waals surface area contributed by atoms with Gasteiger partial charge in [0.1, 0.15) is 0 Å². The number of hydrogen-bond acceptors (Lipinski definition) is 5. The van der Waals surface area contributed by atoms with Gasteiger partial charge in [-0.3, -0.25) is 9.59 Å². The zero-order chi connectivity index (χ0) is 21.6. The van der Waals surface area contributed by atoms with Gasteiger partial charge in [0.2, 0.25) is 5.91 Å². The molecule has 0 fully saturated rings. The molecule has 0 saturated carbocycles. The number of aromatic nitrogens is 3. The Labute approximate surface area is 183 Å². The van der Waals surface area contributed by atoms with E-state index in [1.807, 2.05) is 54.7 Å². The fourth-order valence-corrected chi connectivity index (χ4v) is 3.34. The highest BCUT2D eigenvalue weighted by Crippen LogP contribution is 2.22. The summed E-state index contributed by atoms with van der Waals surface area (Å²) in [7, 11) is 0. The number of fused-ring (bicyclic) bond motifs is 1. The molecule has 2 aromatic heterocycles. The van der Waals surface area contributed by atoms with Crippen molar-refractivity contribution in [2.75, 3.05) is 6.54 Å². The van der Waals surface area contributed by atoms with E-state index >= 15 is 0 Å². The van der Waals surface area contributed by atoms with Crippen molar-refractivity contribution in [1.82, 2.24) is 25.8 Å². The molecule has 2 aromatic carbocycles. The zero-order valence-electron chi connectivity index (χ0n) is 16.5. The van der Waals surface area contributed by atoms with Crippen LogP contribution in [0.4, 0.5) is 0 Å². The Balaban J connectivity index is 1.26. The number of carbonyl (C=O) groups excluding carboxylic acids is 2. The van der Waals surface area contributed by atoms with Gasteiger partial charge < -0.3 is 20.1 Å². The molecule has 4 aromatic rings. The van der Waals surface area contributed by atoms with Crippen molar-refractivity contribution >= 4 is 34.3 Å². The smallest absolute Gasteiger partial charge is 0.315 e. The number of nitrogens with zero attached hydrogens (tertiary/aromatic N) is 2. The molecule has 0 aliphatic rings. The molecule has 0 atom stereocenters. The highest BCUT2D eigenvalue weighted by molar-refractivity contribution is 6.31. The molecular weight excluding hydrogens is 418 g/mol. The molecule has 3 N–H and O–H groups in total. The van der Waals surface area contributed by atoms with Crippen LogP contribution in [0, 0.1) is 0 Å². The number of benzene rings is 2. The maximum atomic E-state index is 12.3. The average Bonchev–Trinajstić information content (AvgIpc) is 3.40. The summed E-state index contributed by atoms with van der Waals surface area (Å²) >= 11 is 6.06. The highest BCUT2D eigenvalue weighted by atomic mass is 35.5. The quantitative estimate of drug-likeness (QED) is 0.392. The summed E-state index contributed by atoms with van der Waals surface area (Å²) in [5.74, 6) is -0.759. The summed E-state index contributed by atoms with van der Waals surface area (Å²) in [5.41, 5.74) is 3.01. The van der Waals surface area contributed by atoms with Gasteiger partial charge in [0.05, 0.1) is 6.42 Å². The van der Waals surface area contributed by atoms with Gasteiger partial charge in [-0.2, -0.15) is 4.98 Å². The van der Waals surface area contributed by atoms with E-state index in [-0.39, 0.29) is 24.0 Å². The van der Waals surface area contributed by atoms with E-state index in [0.717, 1.165) is 22.0 Å². The van der Waals surface area contributed by atoms with E-state index in [1.54, 1.807) is 0 Å². The van der Waals surface area contributed by atoms with Crippen molar-refractivity contribution in [2.45, 2.75) is 19.4 Å². The Hall–Kier alpha value is -3.65. The molecule has 158 valence electrons. The van der Waals surface area contributed by atoms with Crippen molar-refractivity contribution in [1.29, 1.82) is 0 Å². The first-order chi connectivity index (χ1) is 15.1. The van der Waals surface area contributed by atoms with Crippen LogP contribution in [0.2, 0.25) is 5.02 Å². The minimum Gasteiger partial charge on any atom is -0.361 e. The maximum Gasteiger partial charge on any atom is 0.315 e. The average molecular weight is 438 g/mol. The van der Waals surface area contributed by atoms with Gasteiger partial charge in [-0.05, 0) is 35.7 Å². The van der Waals surface area contributed by atoms with Crippen LogP contribution < -0.4 is 10.6 Å². The zero-order valence-corrected chi connectivity index (χ0v) is 17.3. The summed E-state index contributed by atoms with van der Waals surface area (Å²) in [6, 6.07) is 15.2. The third-order valence-corrected chi connectivity index (χ3v) is 4.96. The summed E-state index contributed by atoms with van der Waals surface area (Å²) < 4.78 is 4.99. The maximum absolute atomic E-state index is 12.3. The largest absolute Gasteiger partial charge is 0.361 e. The summed E-state index contributed by atoms with van der Waals surface area (Å²) in [4.78, 5) is 31.5. The van der Waals surface area contributed by atoms with Crippen molar-refractivity contribution < 1.29 is 14.1 Å². The van der Waals surface area contributed by atoms with Crippen LogP contribution in [0.25, 0.3) is 10.9 Å². The molecule has 4 rings (SSSR count). The number of carbonyl (C=O) groups is 2. The minimum absolute atomic E-state index is 0.0697. The lowest BCUT2D eigenvalue weighted by molar-refractivity contribution is -0.120. The molecule has 2 amide bonds. The summed E-state index contributed by atoms with van der Waals surface area (Å²) in [6.45, 7) is 0.789. The van der Waals surface area contributed by atoms with Gasteiger partial charge in [0.25, 0.3) is 0 Å². The van der Waals surface area contributed by atoms with Gasteiger partial charge in [0, 0.05) is 35.2 Å². The van der Waals surface area contributed by atoms with Crippen molar-refractivity contribution in [2.24, 2.45) is 0 Å². The molecule has 0 aliphatic heterocycles. The van der Waals surface area contributed by atoms with Crippen LogP contribution in [0.5, 0.6) is 0 Å². The second-order valence-electron chi connectivity index (χ2n) is 6.96.